The number of hydrogen-bond acceptors (Lipinski definition) is 6. The fraction of sp³-hybridized carbons (Fsp3) is 0.250. The van der Waals surface area contributed by atoms with Crippen molar-refractivity contribution in [3.05, 3.63) is 94.0 Å². The Bertz CT molecular complexity index is 1430. The molecule has 35 heavy (non-hydrogen) atoms. The Morgan fingerprint density at radius 1 is 1.00 bits per heavy atom. The van der Waals surface area contributed by atoms with Crippen LogP contribution in [0.3, 0.4) is 0 Å². The second kappa shape index (κ2) is 9.62. The lowest BCUT2D eigenvalue weighted by Crippen LogP contribution is -2.30. The molecule has 1 aliphatic rings. The fourth-order valence-electron chi connectivity index (χ4n) is 4.48. The van der Waals surface area contributed by atoms with Gasteiger partial charge >= 0.3 is 0 Å². The zero-order chi connectivity index (χ0) is 24.4. The molecule has 0 unspecified atom stereocenters. The van der Waals surface area contributed by atoms with E-state index in [1.807, 2.05) is 18.2 Å². The molecule has 7 nitrogen and oxygen atoms in total. The molecular formula is C28H26N2O5. The molecule has 1 atom stereocenters. The second-order valence-electron chi connectivity index (χ2n) is 8.40. The molecule has 7 heteroatoms. The number of carbonyl (C=O) groups is 1. The van der Waals surface area contributed by atoms with Gasteiger partial charge in [-0.1, -0.05) is 44.0 Å². The number of pyridine rings is 1. The first kappa shape index (κ1) is 22.7. The number of benzene rings is 2. The maximum atomic E-state index is 13.6. The summed E-state index contributed by atoms with van der Waals surface area (Å²) in [6.45, 7) is 2.73. The zero-order valence-electron chi connectivity index (χ0n) is 19.7. The number of fused-ring (bicyclic) bond motifs is 2. The monoisotopic (exact) mass is 470 g/mol. The van der Waals surface area contributed by atoms with Crippen molar-refractivity contribution in [2.45, 2.75) is 32.2 Å². The van der Waals surface area contributed by atoms with Crippen molar-refractivity contribution in [3.63, 3.8) is 0 Å². The molecule has 4 aromatic rings. The minimum atomic E-state index is -0.726. The predicted octanol–water partition coefficient (Wildman–Crippen LogP) is 5.52. The molecule has 0 saturated heterocycles. The van der Waals surface area contributed by atoms with Crippen LogP contribution in [0.15, 0.2) is 76.1 Å². The highest BCUT2D eigenvalue weighted by Crippen LogP contribution is 2.42. The normalized spacial score (nSPS) is 14.9. The summed E-state index contributed by atoms with van der Waals surface area (Å²) < 4.78 is 17.5. The number of rotatable bonds is 8. The summed E-state index contributed by atoms with van der Waals surface area (Å²) in [5.41, 5.74) is 1.12. The van der Waals surface area contributed by atoms with Gasteiger partial charge in [-0.05, 0) is 48.4 Å². The van der Waals surface area contributed by atoms with E-state index in [4.69, 9.17) is 13.9 Å². The minimum absolute atomic E-state index is 0.0308. The lowest BCUT2D eigenvalue weighted by molar-refractivity contribution is 0.0970. The van der Waals surface area contributed by atoms with E-state index in [-0.39, 0.29) is 16.8 Å². The van der Waals surface area contributed by atoms with Crippen molar-refractivity contribution in [2.24, 2.45) is 0 Å². The van der Waals surface area contributed by atoms with E-state index in [1.54, 1.807) is 55.8 Å². The number of anilines is 1. The smallest absolute Gasteiger partial charge is 0.296 e. The average Bonchev–Trinajstić information content (AvgIpc) is 3.19. The SMILES string of the molecule is CCCCCOc1ccc([C@@H]2c3c(oc4ccccc4c3=O)C(=O)N2c2ccccn2)cc1OC. The number of amides is 1. The summed E-state index contributed by atoms with van der Waals surface area (Å²) in [5, 5.41) is 0.426. The van der Waals surface area contributed by atoms with Crippen molar-refractivity contribution in [1.82, 2.24) is 4.98 Å². The maximum absolute atomic E-state index is 13.6. The van der Waals surface area contributed by atoms with Crippen molar-refractivity contribution < 1.29 is 18.7 Å². The Kier molecular flexibility index (Phi) is 6.23. The van der Waals surface area contributed by atoms with Gasteiger partial charge in [0.2, 0.25) is 5.76 Å². The van der Waals surface area contributed by atoms with Crippen LogP contribution in [-0.2, 0) is 0 Å². The van der Waals surface area contributed by atoms with Crippen molar-refractivity contribution in [3.8, 4) is 11.5 Å². The van der Waals surface area contributed by atoms with Gasteiger partial charge in [0.05, 0.1) is 30.7 Å². The summed E-state index contributed by atoms with van der Waals surface area (Å²) in [7, 11) is 1.57. The molecule has 3 heterocycles. The molecule has 2 aromatic heterocycles. The average molecular weight is 471 g/mol. The standard InChI is InChI=1S/C28H26N2O5/c1-3-4-9-16-34-21-14-13-18(17-22(21)33-2)25-24-26(31)19-10-5-6-11-20(19)35-27(24)28(32)30(25)23-12-7-8-15-29-23/h5-8,10-15,17,25H,3-4,9,16H2,1-2H3/t25-/m1/s1. The van der Waals surface area contributed by atoms with Crippen LogP contribution < -0.4 is 19.8 Å². The fourth-order valence-corrected chi connectivity index (χ4v) is 4.48. The van der Waals surface area contributed by atoms with Crippen LogP contribution in [0.1, 0.15) is 53.9 Å². The first-order valence-electron chi connectivity index (χ1n) is 11.7. The number of aromatic nitrogens is 1. The third kappa shape index (κ3) is 4.03. The zero-order valence-corrected chi connectivity index (χ0v) is 19.7. The van der Waals surface area contributed by atoms with Gasteiger partial charge in [-0.15, -0.1) is 0 Å². The summed E-state index contributed by atoms with van der Waals surface area (Å²) in [6, 6.07) is 17.0. The number of methoxy groups -OCH3 is 1. The van der Waals surface area contributed by atoms with Crippen LogP contribution in [0.25, 0.3) is 11.0 Å². The molecule has 0 bridgehead atoms. The predicted molar refractivity (Wildman–Crippen MR) is 133 cm³/mol. The number of para-hydroxylation sites is 1. The van der Waals surface area contributed by atoms with Crippen LogP contribution >= 0.6 is 0 Å². The molecule has 5 rings (SSSR count). The van der Waals surface area contributed by atoms with Gasteiger partial charge < -0.3 is 13.9 Å². The number of carbonyl (C=O) groups excluding carboxylic acids is 1. The second-order valence-corrected chi connectivity index (χ2v) is 8.40. The molecule has 1 aliphatic heterocycles. The number of ether oxygens (including phenoxy) is 2. The number of unbranched alkanes of at least 4 members (excludes halogenated alkanes) is 2. The topological polar surface area (TPSA) is 81.9 Å². The Morgan fingerprint density at radius 2 is 1.83 bits per heavy atom. The number of hydrogen-bond donors (Lipinski definition) is 0. The van der Waals surface area contributed by atoms with E-state index in [0.29, 0.717) is 40.5 Å². The third-order valence-electron chi connectivity index (χ3n) is 6.18. The molecule has 0 spiro atoms. The minimum Gasteiger partial charge on any atom is -0.493 e. The number of nitrogens with zero attached hydrogens (tertiary/aromatic N) is 2. The van der Waals surface area contributed by atoms with Crippen LogP contribution in [0.5, 0.6) is 11.5 Å². The van der Waals surface area contributed by atoms with E-state index in [1.165, 1.54) is 4.90 Å². The van der Waals surface area contributed by atoms with Gasteiger partial charge in [-0.3, -0.25) is 14.5 Å². The van der Waals surface area contributed by atoms with Crippen LogP contribution in [-0.4, -0.2) is 24.6 Å². The van der Waals surface area contributed by atoms with E-state index < -0.39 is 11.9 Å². The summed E-state index contributed by atoms with van der Waals surface area (Å²) in [4.78, 5) is 33.1. The highest BCUT2D eigenvalue weighted by atomic mass is 16.5. The summed E-state index contributed by atoms with van der Waals surface area (Å²) in [6.07, 6.45) is 4.76. The molecule has 1 amide bonds. The molecule has 0 radical (unpaired) electrons. The molecule has 0 saturated carbocycles. The van der Waals surface area contributed by atoms with E-state index in [0.717, 1.165) is 19.3 Å². The molecule has 178 valence electrons. The first-order valence-corrected chi connectivity index (χ1v) is 11.7. The van der Waals surface area contributed by atoms with Crippen molar-refractivity contribution in [1.29, 1.82) is 0 Å². The summed E-state index contributed by atoms with van der Waals surface area (Å²) in [5.74, 6) is 1.20. The van der Waals surface area contributed by atoms with Crippen LogP contribution in [0, 0.1) is 0 Å². The molecule has 0 aliphatic carbocycles. The van der Waals surface area contributed by atoms with Crippen LogP contribution in [0.2, 0.25) is 0 Å². The molecule has 0 N–H and O–H groups in total. The Balaban J connectivity index is 1.65. The lowest BCUT2D eigenvalue weighted by Gasteiger charge is -2.25. The maximum Gasteiger partial charge on any atom is 0.296 e. The van der Waals surface area contributed by atoms with Crippen molar-refractivity contribution >= 4 is 22.7 Å². The largest absolute Gasteiger partial charge is 0.493 e. The first-order chi connectivity index (χ1) is 17.1. The quantitative estimate of drug-likeness (QED) is 0.316. The molecule has 2 aromatic carbocycles. The molecule has 0 fully saturated rings. The van der Waals surface area contributed by atoms with E-state index >= 15 is 0 Å². The van der Waals surface area contributed by atoms with Gasteiger partial charge in [0, 0.05) is 6.20 Å². The van der Waals surface area contributed by atoms with Gasteiger partial charge in [-0.25, -0.2) is 4.98 Å². The van der Waals surface area contributed by atoms with Crippen LogP contribution in [0.4, 0.5) is 5.82 Å². The van der Waals surface area contributed by atoms with Crippen molar-refractivity contribution in [2.75, 3.05) is 18.6 Å². The van der Waals surface area contributed by atoms with Gasteiger partial charge in [0.25, 0.3) is 5.91 Å². The third-order valence-corrected chi connectivity index (χ3v) is 6.18. The van der Waals surface area contributed by atoms with Gasteiger partial charge in [-0.2, -0.15) is 0 Å². The van der Waals surface area contributed by atoms with Gasteiger partial charge in [0.1, 0.15) is 11.4 Å². The highest BCUT2D eigenvalue weighted by molar-refractivity contribution is 6.10. The Morgan fingerprint density at radius 3 is 2.60 bits per heavy atom. The van der Waals surface area contributed by atoms with E-state index in [9.17, 15) is 9.59 Å². The lowest BCUT2D eigenvalue weighted by atomic mass is 9.98. The van der Waals surface area contributed by atoms with E-state index in [2.05, 4.69) is 11.9 Å². The summed E-state index contributed by atoms with van der Waals surface area (Å²) >= 11 is 0. The highest BCUT2D eigenvalue weighted by Gasteiger charge is 2.44. The Labute approximate surface area is 202 Å². The molecular weight excluding hydrogens is 444 g/mol. The Hall–Kier alpha value is -4.13. The van der Waals surface area contributed by atoms with Gasteiger partial charge in [0.15, 0.2) is 16.9 Å².